The molecule has 32 heavy (non-hydrogen) atoms. The average molecular weight is 472 g/mol. The van der Waals surface area contributed by atoms with Crippen molar-refractivity contribution in [3.05, 3.63) is 93.0 Å². The molecular formula is C22H18ClN3O5S. The Morgan fingerprint density at radius 3 is 2.53 bits per heavy atom. The third-order valence-corrected chi connectivity index (χ3v) is 7.30. The van der Waals surface area contributed by atoms with Crippen molar-refractivity contribution in [2.75, 3.05) is 16.2 Å². The summed E-state index contributed by atoms with van der Waals surface area (Å²) in [6.45, 7) is 0.324. The number of hydrogen-bond acceptors (Lipinski definition) is 5. The molecule has 0 atom stereocenters. The summed E-state index contributed by atoms with van der Waals surface area (Å²) in [5, 5.41) is 13.7. The molecular weight excluding hydrogens is 454 g/mol. The van der Waals surface area contributed by atoms with E-state index in [-0.39, 0.29) is 21.2 Å². The standard InChI is InChI=1S/C22H18ClN3O5S/c23-19-11-9-16(13-21(19)26(28)29)22(27)24-17-10-8-15-5-4-12-25(20(15)14-17)32(30,31)18-6-2-1-3-7-18/h1-3,6-11,13-14H,4-5,12H2,(H,24,27). The zero-order chi connectivity index (χ0) is 22.9. The molecule has 0 saturated heterocycles. The van der Waals surface area contributed by atoms with Gasteiger partial charge in [-0.25, -0.2) is 8.42 Å². The number of nitro benzene ring substituents is 1. The molecule has 8 nitrogen and oxygen atoms in total. The molecule has 1 aliphatic heterocycles. The van der Waals surface area contributed by atoms with E-state index in [1.807, 2.05) is 0 Å². The van der Waals surface area contributed by atoms with Crippen molar-refractivity contribution >= 4 is 44.6 Å². The first kappa shape index (κ1) is 21.8. The lowest BCUT2D eigenvalue weighted by Crippen LogP contribution is -2.35. The predicted molar refractivity (Wildman–Crippen MR) is 122 cm³/mol. The largest absolute Gasteiger partial charge is 0.322 e. The highest BCUT2D eigenvalue weighted by Crippen LogP contribution is 2.34. The number of carbonyl (C=O) groups is 1. The van der Waals surface area contributed by atoms with Crippen LogP contribution < -0.4 is 9.62 Å². The Morgan fingerprint density at radius 2 is 1.81 bits per heavy atom. The Kier molecular flexibility index (Phi) is 5.86. The number of nitro groups is 1. The molecule has 0 bridgehead atoms. The van der Waals surface area contributed by atoms with Gasteiger partial charge in [0, 0.05) is 23.9 Å². The minimum absolute atomic E-state index is 0.0626. The number of sulfonamides is 1. The monoisotopic (exact) mass is 471 g/mol. The third kappa shape index (κ3) is 4.17. The van der Waals surface area contributed by atoms with Crippen molar-refractivity contribution < 1.29 is 18.1 Å². The molecule has 1 N–H and O–H groups in total. The van der Waals surface area contributed by atoms with E-state index in [0.29, 0.717) is 30.8 Å². The molecule has 3 aromatic carbocycles. The van der Waals surface area contributed by atoms with Crippen molar-refractivity contribution in [1.82, 2.24) is 0 Å². The number of halogens is 1. The molecule has 1 heterocycles. The highest BCUT2D eigenvalue weighted by Gasteiger charge is 2.29. The summed E-state index contributed by atoms with van der Waals surface area (Å²) in [5.74, 6) is -0.571. The lowest BCUT2D eigenvalue weighted by Gasteiger charge is -2.31. The van der Waals surface area contributed by atoms with Crippen LogP contribution in [0.15, 0.2) is 71.6 Å². The quantitative estimate of drug-likeness (QED) is 0.430. The van der Waals surface area contributed by atoms with Crippen LogP contribution >= 0.6 is 11.6 Å². The molecule has 0 unspecified atom stereocenters. The molecule has 0 spiro atoms. The van der Waals surface area contributed by atoms with Crippen molar-refractivity contribution in [1.29, 1.82) is 0 Å². The summed E-state index contributed by atoms with van der Waals surface area (Å²) < 4.78 is 27.8. The van der Waals surface area contributed by atoms with Gasteiger partial charge in [0.1, 0.15) is 5.02 Å². The molecule has 10 heteroatoms. The number of amides is 1. The molecule has 3 aromatic rings. The summed E-state index contributed by atoms with van der Waals surface area (Å²) in [7, 11) is -3.76. The molecule has 1 amide bonds. The van der Waals surface area contributed by atoms with Gasteiger partial charge in [-0.15, -0.1) is 0 Å². The van der Waals surface area contributed by atoms with Crippen LogP contribution in [0.1, 0.15) is 22.3 Å². The lowest BCUT2D eigenvalue weighted by atomic mass is 10.0. The van der Waals surface area contributed by atoms with Gasteiger partial charge < -0.3 is 5.32 Å². The van der Waals surface area contributed by atoms with Gasteiger partial charge in [0.15, 0.2) is 0 Å². The van der Waals surface area contributed by atoms with Crippen LogP contribution in [0.2, 0.25) is 5.02 Å². The van der Waals surface area contributed by atoms with Crippen molar-refractivity contribution in [3.63, 3.8) is 0 Å². The number of fused-ring (bicyclic) bond motifs is 1. The van der Waals surface area contributed by atoms with E-state index in [0.717, 1.165) is 11.6 Å². The van der Waals surface area contributed by atoms with Crippen LogP contribution in [-0.4, -0.2) is 25.8 Å². The fraction of sp³-hybridized carbons (Fsp3) is 0.136. The summed E-state index contributed by atoms with van der Waals surface area (Å²) in [5.41, 5.74) is 1.43. The number of nitrogens with one attached hydrogen (secondary N) is 1. The van der Waals surface area contributed by atoms with Crippen molar-refractivity contribution in [2.24, 2.45) is 0 Å². The van der Waals surface area contributed by atoms with Gasteiger partial charge in [-0.1, -0.05) is 35.9 Å². The highest BCUT2D eigenvalue weighted by molar-refractivity contribution is 7.92. The molecule has 4 rings (SSSR count). The van der Waals surface area contributed by atoms with Gasteiger partial charge in [-0.05, 0) is 54.8 Å². The maximum absolute atomic E-state index is 13.2. The molecule has 0 fully saturated rings. The summed E-state index contributed by atoms with van der Waals surface area (Å²) in [6, 6.07) is 17.0. The lowest BCUT2D eigenvalue weighted by molar-refractivity contribution is -0.384. The second-order valence-electron chi connectivity index (χ2n) is 7.21. The van der Waals surface area contributed by atoms with Crippen molar-refractivity contribution in [2.45, 2.75) is 17.7 Å². The Hall–Kier alpha value is -3.43. The van der Waals surface area contributed by atoms with Crippen LogP contribution in [-0.2, 0) is 16.4 Å². The SMILES string of the molecule is O=C(Nc1ccc2c(c1)N(S(=O)(=O)c1ccccc1)CCC2)c1ccc(Cl)c([N+](=O)[O-])c1. The summed E-state index contributed by atoms with van der Waals surface area (Å²) in [6.07, 6.45) is 1.40. The molecule has 0 aliphatic carbocycles. The average Bonchev–Trinajstić information content (AvgIpc) is 2.79. The fourth-order valence-electron chi connectivity index (χ4n) is 3.59. The van der Waals surface area contributed by atoms with Crippen LogP contribution in [0.3, 0.4) is 0 Å². The first-order valence-corrected chi connectivity index (χ1v) is 11.6. The van der Waals surface area contributed by atoms with Gasteiger partial charge in [0.2, 0.25) is 0 Å². The maximum atomic E-state index is 13.2. The number of hydrogen-bond donors (Lipinski definition) is 1. The maximum Gasteiger partial charge on any atom is 0.288 e. The second-order valence-corrected chi connectivity index (χ2v) is 9.48. The van der Waals surface area contributed by atoms with E-state index >= 15 is 0 Å². The molecule has 1 aliphatic rings. The Labute approximate surface area is 189 Å². The van der Waals surface area contributed by atoms with Gasteiger partial charge >= 0.3 is 0 Å². The first-order chi connectivity index (χ1) is 15.3. The minimum atomic E-state index is -3.76. The van der Waals surface area contributed by atoms with E-state index in [1.54, 1.807) is 48.5 Å². The molecule has 0 saturated carbocycles. The van der Waals surface area contributed by atoms with Gasteiger partial charge in [0.05, 0.1) is 15.5 Å². The zero-order valence-corrected chi connectivity index (χ0v) is 18.3. The Bertz CT molecular complexity index is 1310. The van der Waals surface area contributed by atoms with Crippen LogP contribution in [0.4, 0.5) is 17.1 Å². The number of benzene rings is 3. The van der Waals surface area contributed by atoms with Gasteiger partial charge in [-0.2, -0.15) is 0 Å². The zero-order valence-electron chi connectivity index (χ0n) is 16.7. The van der Waals surface area contributed by atoms with Gasteiger partial charge in [-0.3, -0.25) is 19.2 Å². The smallest absolute Gasteiger partial charge is 0.288 e. The van der Waals surface area contributed by atoms with Crippen LogP contribution in [0, 0.1) is 10.1 Å². The van der Waals surface area contributed by atoms with Crippen LogP contribution in [0.25, 0.3) is 0 Å². The number of aryl methyl sites for hydroxylation is 1. The topological polar surface area (TPSA) is 110 Å². The Morgan fingerprint density at radius 1 is 1.06 bits per heavy atom. The Balaban J connectivity index is 1.65. The third-order valence-electron chi connectivity index (χ3n) is 5.16. The number of anilines is 2. The van der Waals surface area contributed by atoms with E-state index in [1.165, 1.54) is 16.4 Å². The predicted octanol–water partition coefficient (Wildman–Crippen LogP) is 4.64. The number of nitrogens with zero attached hydrogens (tertiary/aromatic N) is 2. The second kappa shape index (κ2) is 8.60. The van der Waals surface area contributed by atoms with Crippen molar-refractivity contribution in [3.8, 4) is 0 Å². The van der Waals surface area contributed by atoms with Gasteiger partial charge in [0.25, 0.3) is 21.6 Å². The summed E-state index contributed by atoms with van der Waals surface area (Å²) in [4.78, 5) is 23.3. The normalized spacial score (nSPS) is 13.3. The molecule has 0 aromatic heterocycles. The van der Waals surface area contributed by atoms with E-state index < -0.39 is 20.9 Å². The molecule has 0 radical (unpaired) electrons. The van der Waals surface area contributed by atoms with E-state index in [4.69, 9.17) is 11.6 Å². The molecule has 164 valence electrons. The van der Waals surface area contributed by atoms with E-state index in [9.17, 15) is 23.3 Å². The van der Waals surface area contributed by atoms with Crippen LogP contribution in [0.5, 0.6) is 0 Å². The highest BCUT2D eigenvalue weighted by atomic mass is 35.5. The first-order valence-electron chi connectivity index (χ1n) is 9.73. The summed E-state index contributed by atoms with van der Waals surface area (Å²) >= 11 is 5.81. The van der Waals surface area contributed by atoms with E-state index in [2.05, 4.69) is 5.32 Å². The number of carbonyl (C=O) groups excluding carboxylic acids is 1. The number of rotatable bonds is 5. The minimum Gasteiger partial charge on any atom is -0.322 e. The fourth-order valence-corrected chi connectivity index (χ4v) is 5.33.